The molecule has 3 aromatic carbocycles. The van der Waals surface area contributed by atoms with Crippen LogP contribution in [0.1, 0.15) is 18.2 Å². The standard InChI is InChI=1S/C26H23N3OS/c1-19(30)28(16-20-7-3-2-4-8-20)14-13-24-18-31-26-27-25(17-29(24)26)23-12-11-21-9-5-6-10-22(21)15-23/h2-12,15,17-18H,13-14,16H2,1H3. The summed E-state index contributed by atoms with van der Waals surface area (Å²) in [4.78, 5) is 19.9. The zero-order valence-corrected chi connectivity index (χ0v) is 18.2. The molecule has 0 saturated heterocycles. The van der Waals surface area contributed by atoms with Gasteiger partial charge in [-0.05, 0) is 22.4 Å². The molecule has 5 rings (SSSR count). The van der Waals surface area contributed by atoms with E-state index in [1.54, 1.807) is 18.3 Å². The van der Waals surface area contributed by atoms with Crippen LogP contribution in [0.4, 0.5) is 0 Å². The predicted molar refractivity (Wildman–Crippen MR) is 127 cm³/mol. The lowest BCUT2D eigenvalue weighted by Gasteiger charge is -2.21. The van der Waals surface area contributed by atoms with Crippen molar-refractivity contribution >= 4 is 33.0 Å². The number of benzene rings is 3. The van der Waals surface area contributed by atoms with Crippen molar-refractivity contribution in [3.05, 3.63) is 95.6 Å². The SMILES string of the molecule is CC(=O)N(CCc1csc2nc(-c3ccc4ccccc4c3)cn12)Cc1ccccc1. The molecule has 4 nitrogen and oxygen atoms in total. The first-order valence-corrected chi connectivity index (χ1v) is 11.3. The van der Waals surface area contributed by atoms with Crippen molar-refractivity contribution in [2.75, 3.05) is 6.54 Å². The van der Waals surface area contributed by atoms with Crippen LogP contribution in [0.15, 0.2) is 84.4 Å². The van der Waals surface area contributed by atoms with Gasteiger partial charge in [-0.15, -0.1) is 11.3 Å². The highest BCUT2D eigenvalue weighted by atomic mass is 32.1. The minimum Gasteiger partial charge on any atom is -0.338 e. The number of amides is 1. The second-order valence-electron chi connectivity index (χ2n) is 7.74. The van der Waals surface area contributed by atoms with Crippen molar-refractivity contribution in [2.24, 2.45) is 0 Å². The van der Waals surface area contributed by atoms with Crippen LogP contribution >= 0.6 is 11.3 Å². The Kier molecular flexibility index (Phi) is 5.26. The van der Waals surface area contributed by atoms with E-state index in [1.165, 1.54) is 16.5 Å². The molecule has 2 heterocycles. The average Bonchev–Trinajstić information content (AvgIpc) is 3.38. The molecule has 0 atom stereocenters. The third-order valence-electron chi connectivity index (χ3n) is 5.63. The zero-order chi connectivity index (χ0) is 21.2. The number of thiazole rings is 1. The maximum atomic E-state index is 12.2. The largest absolute Gasteiger partial charge is 0.338 e. The van der Waals surface area contributed by atoms with Gasteiger partial charge in [0.05, 0.1) is 5.69 Å². The van der Waals surface area contributed by atoms with E-state index in [1.807, 2.05) is 23.1 Å². The first kappa shape index (κ1) is 19.5. The summed E-state index contributed by atoms with van der Waals surface area (Å²) < 4.78 is 2.16. The molecule has 0 aliphatic rings. The van der Waals surface area contributed by atoms with Crippen molar-refractivity contribution in [1.29, 1.82) is 0 Å². The number of nitrogens with zero attached hydrogens (tertiary/aromatic N) is 3. The molecule has 0 spiro atoms. The van der Waals surface area contributed by atoms with Crippen LogP contribution in [0.2, 0.25) is 0 Å². The monoisotopic (exact) mass is 425 g/mol. The molecule has 0 aliphatic heterocycles. The average molecular weight is 426 g/mol. The van der Waals surface area contributed by atoms with Gasteiger partial charge < -0.3 is 4.90 Å². The Morgan fingerprint density at radius 1 is 1.00 bits per heavy atom. The van der Waals surface area contributed by atoms with Crippen LogP contribution in [0.3, 0.4) is 0 Å². The van der Waals surface area contributed by atoms with Gasteiger partial charge in [-0.2, -0.15) is 0 Å². The van der Waals surface area contributed by atoms with Crippen molar-refractivity contribution in [3.63, 3.8) is 0 Å². The highest BCUT2D eigenvalue weighted by molar-refractivity contribution is 7.15. The second kappa shape index (κ2) is 8.36. The second-order valence-corrected chi connectivity index (χ2v) is 8.58. The molecular formula is C26H23N3OS. The summed E-state index contributed by atoms with van der Waals surface area (Å²) in [7, 11) is 0. The highest BCUT2D eigenvalue weighted by Gasteiger charge is 2.14. The van der Waals surface area contributed by atoms with Gasteiger partial charge in [0.15, 0.2) is 4.96 Å². The Bertz CT molecular complexity index is 1350. The van der Waals surface area contributed by atoms with E-state index in [0.717, 1.165) is 28.2 Å². The number of carbonyl (C=O) groups is 1. The Hall–Kier alpha value is -3.44. The molecule has 1 amide bonds. The Morgan fingerprint density at radius 2 is 1.77 bits per heavy atom. The van der Waals surface area contributed by atoms with Gasteiger partial charge in [0, 0.05) is 49.3 Å². The Labute approximate surface area is 185 Å². The summed E-state index contributed by atoms with van der Waals surface area (Å²) in [6.07, 6.45) is 2.90. The van der Waals surface area contributed by atoms with Crippen LogP contribution in [0.25, 0.3) is 27.0 Å². The summed E-state index contributed by atoms with van der Waals surface area (Å²) >= 11 is 1.65. The van der Waals surface area contributed by atoms with Crippen LogP contribution in [0, 0.1) is 0 Å². The van der Waals surface area contributed by atoms with Gasteiger partial charge in [0.2, 0.25) is 5.91 Å². The maximum Gasteiger partial charge on any atom is 0.219 e. The number of hydrogen-bond donors (Lipinski definition) is 0. The summed E-state index contributed by atoms with van der Waals surface area (Å²) in [5, 5.41) is 4.60. The van der Waals surface area contributed by atoms with E-state index in [-0.39, 0.29) is 5.91 Å². The number of imidazole rings is 1. The summed E-state index contributed by atoms with van der Waals surface area (Å²) in [6.45, 7) is 2.95. The normalized spacial score (nSPS) is 11.3. The van der Waals surface area contributed by atoms with E-state index in [2.05, 4.69) is 70.6 Å². The minimum atomic E-state index is 0.0952. The van der Waals surface area contributed by atoms with Crippen LogP contribution in [-0.4, -0.2) is 26.7 Å². The van der Waals surface area contributed by atoms with E-state index < -0.39 is 0 Å². The number of hydrogen-bond acceptors (Lipinski definition) is 3. The van der Waals surface area contributed by atoms with Crippen molar-refractivity contribution in [3.8, 4) is 11.3 Å². The molecule has 154 valence electrons. The minimum absolute atomic E-state index is 0.0952. The third kappa shape index (κ3) is 4.09. The van der Waals surface area contributed by atoms with Crippen molar-refractivity contribution < 1.29 is 4.79 Å². The molecule has 0 N–H and O–H groups in total. The summed E-state index contributed by atoms with van der Waals surface area (Å²) in [5.74, 6) is 0.0952. The number of rotatable bonds is 6. The first-order valence-electron chi connectivity index (χ1n) is 10.4. The van der Waals surface area contributed by atoms with Crippen molar-refractivity contribution in [2.45, 2.75) is 19.9 Å². The molecule has 31 heavy (non-hydrogen) atoms. The lowest BCUT2D eigenvalue weighted by Crippen LogP contribution is -2.30. The Morgan fingerprint density at radius 3 is 2.58 bits per heavy atom. The molecule has 0 fully saturated rings. The van der Waals surface area contributed by atoms with E-state index in [9.17, 15) is 4.79 Å². The summed E-state index contributed by atoms with van der Waals surface area (Å²) in [5.41, 5.74) is 4.43. The maximum absolute atomic E-state index is 12.2. The quantitative estimate of drug-likeness (QED) is 0.344. The molecule has 0 aliphatic carbocycles. The highest BCUT2D eigenvalue weighted by Crippen LogP contribution is 2.27. The fourth-order valence-corrected chi connectivity index (χ4v) is 4.81. The van der Waals surface area contributed by atoms with Gasteiger partial charge in [-0.1, -0.05) is 66.7 Å². The number of carbonyl (C=O) groups excluding carboxylic acids is 1. The van der Waals surface area contributed by atoms with Gasteiger partial charge in [-0.25, -0.2) is 4.98 Å². The van der Waals surface area contributed by atoms with Gasteiger partial charge in [-0.3, -0.25) is 9.20 Å². The molecule has 2 aromatic heterocycles. The molecular weight excluding hydrogens is 402 g/mol. The summed E-state index contributed by atoms with van der Waals surface area (Å²) in [6, 6.07) is 25.0. The first-order chi connectivity index (χ1) is 15.2. The molecule has 0 bridgehead atoms. The van der Waals surface area contributed by atoms with E-state index in [4.69, 9.17) is 4.98 Å². The van der Waals surface area contributed by atoms with Crippen LogP contribution < -0.4 is 0 Å². The fraction of sp³-hybridized carbons (Fsp3) is 0.154. The predicted octanol–water partition coefficient (Wildman–Crippen LogP) is 5.81. The lowest BCUT2D eigenvalue weighted by molar-refractivity contribution is -0.129. The molecule has 5 aromatic rings. The molecule has 0 radical (unpaired) electrons. The topological polar surface area (TPSA) is 37.6 Å². The van der Waals surface area contributed by atoms with E-state index >= 15 is 0 Å². The van der Waals surface area contributed by atoms with Gasteiger partial charge in [0.1, 0.15) is 0 Å². The van der Waals surface area contributed by atoms with Crippen LogP contribution in [0.5, 0.6) is 0 Å². The van der Waals surface area contributed by atoms with Gasteiger partial charge >= 0.3 is 0 Å². The van der Waals surface area contributed by atoms with E-state index in [0.29, 0.717) is 13.1 Å². The zero-order valence-electron chi connectivity index (χ0n) is 17.4. The number of aromatic nitrogens is 2. The molecule has 0 saturated carbocycles. The smallest absolute Gasteiger partial charge is 0.219 e. The molecule has 0 unspecified atom stereocenters. The molecule has 5 heteroatoms. The number of fused-ring (bicyclic) bond motifs is 2. The van der Waals surface area contributed by atoms with Crippen LogP contribution in [-0.2, 0) is 17.8 Å². The van der Waals surface area contributed by atoms with Gasteiger partial charge in [0.25, 0.3) is 0 Å². The fourth-order valence-electron chi connectivity index (χ4n) is 3.90. The van der Waals surface area contributed by atoms with Crippen molar-refractivity contribution in [1.82, 2.24) is 14.3 Å². The third-order valence-corrected chi connectivity index (χ3v) is 6.52. The lowest BCUT2D eigenvalue weighted by atomic mass is 10.1. The Balaban J connectivity index is 1.37.